The minimum atomic E-state index is -0.144. The maximum absolute atomic E-state index is 12.3. The van der Waals surface area contributed by atoms with E-state index in [9.17, 15) is 4.79 Å². The highest BCUT2D eigenvalue weighted by atomic mass is 79.9. The van der Waals surface area contributed by atoms with Gasteiger partial charge in [0.15, 0.2) is 0 Å². The molecule has 106 valence electrons. The van der Waals surface area contributed by atoms with Gasteiger partial charge in [0.1, 0.15) is 0 Å². The van der Waals surface area contributed by atoms with Gasteiger partial charge >= 0.3 is 0 Å². The molecule has 0 radical (unpaired) electrons. The summed E-state index contributed by atoms with van der Waals surface area (Å²) in [4.78, 5) is 16.7. The lowest BCUT2D eigenvalue weighted by Crippen LogP contribution is -2.12. The molecule has 3 rings (SSSR count). The fourth-order valence-corrected chi connectivity index (χ4v) is 4.08. The summed E-state index contributed by atoms with van der Waals surface area (Å²) >= 11 is 8.40. The summed E-state index contributed by atoms with van der Waals surface area (Å²) in [6.45, 7) is 1.97. The second kappa shape index (κ2) is 5.87. The molecular formula is C15H10Br2N2OS. The van der Waals surface area contributed by atoms with E-state index in [0.717, 1.165) is 29.9 Å². The Kier molecular flexibility index (Phi) is 4.10. The van der Waals surface area contributed by atoms with Crippen LogP contribution >= 0.6 is 43.2 Å². The summed E-state index contributed by atoms with van der Waals surface area (Å²) in [7, 11) is 0. The number of hydrogen-bond acceptors (Lipinski definition) is 3. The molecular weight excluding hydrogens is 416 g/mol. The number of rotatable bonds is 2. The molecule has 0 saturated carbocycles. The predicted molar refractivity (Wildman–Crippen MR) is 94.2 cm³/mol. The Morgan fingerprint density at radius 1 is 1.19 bits per heavy atom. The summed E-state index contributed by atoms with van der Waals surface area (Å²) in [5, 5.41) is 3.93. The van der Waals surface area contributed by atoms with Gasteiger partial charge in [-0.05, 0) is 59.3 Å². The smallest absolute Gasteiger partial charge is 0.256 e. The third kappa shape index (κ3) is 3.17. The molecule has 0 aliphatic rings. The van der Waals surface area contributed by atoms with Crippen LogP contribution in [0.25, 0.3) is 10.2 Å². The third-order valence-electron chi connectivity index (χ3n) is 2.93. The maximum atomic E-state index is 12.3. The van der Waals surface area contributed by atoms with E-state index in [-0.39, 0.29) is 5.91 Å². The van der Waals surface area contributed by atoms with Gasteiger partial charge < -0.3 is 5.32 Å². The van der Waals surface area contributed by atoms with Crippen molar-refractivity contribution in [2.75, 3.05) is 5.32 Å². The zero-order valence-electron chi connectivity index (χ0n) is 11.0. The van der Waals surface area contributed by atoms with E-state index < -0.39 is 0 Å². The van der Waals surface area contributed by atoms with Gasteiger partial charge in [-0.1, -0.05) is 15.9 Å². The molecule has 3 nitrogen and oxygen atoms in total. The van der Waals surface area contributed by atoms with Crippen LogP contribution in [0.3, 0.4) is 0 Å². The minimum absolute atomic E-state index is 0.144. The van der Waals surface area contributed by atoms with Crippen molar-refractivity contribution in [1.82, 2.24) is 4.98 Å². The van der Waals surface area contributed by atoms with E-state index in [0.29, 0.717) is 5.56 Å². The first-order valence-electron chi connectivity index (χ1n) is 6.16. The fourth-order valence-electron chi connectivity index (χ4n) is 1.99. The summed E-state index contributed by atoms with van der Waals surface area (Å²) in [6, 6.07) is 11.2. The molecule has 0 unspecified atom stereocenters. The van der Waals surface area contributed by atoms with Gasteiger partial charge in [0, 0.05) is 14.6 Å². The van der Waals surface area contributed by atoms with Gasteiger partial charge in [0.05, 0.1) is 20.8 Å². The molecule has 0 bridgehead atoms. The highest BCUT2D eigenvalue weighted by Gasteiger charge is 2.11. The zero-order chi connectivity index (χ0) is 15.0. The van der Waals surface area contributed by atoms with Gasteiger partial charge in [0.2, 0.25) is 0 Å². The van der Waals surface area contributed by atoms with E-state index in [1.54, 1.807) is 17.4 Å². The maximum Gasteiger partial charge on any atom is 0.256 e. The highest BCUT2D eigenvalue weighted by Crippen LogP contribution is 2.26. The molecule has 1 aromatic heterocycles. The normalized spacial score (nSPS) is 10.8. The number of anilines is 1. The van der Waals surface area contributed by atoms with Crippen LogP contribution in [-0.4, -0.2) is 10.9 Å². The van der Waals surface area contributed by atoms with Crippen LogP contribution in [0.15, 0.2) is 45.3 Å². The van der Waals surface area contributed by atoms with E-state index in [1.807, 2.05) is 37.3 Å². The number of aryl methyl sites for hydroxylation is 1. The number of nitrogens with one attached hydrogen (secondary N) is 1. The molecule has 0 aliphatic heterocycles. The number of thiazole rings is 1. The molecule has 1 N–H and O–H groups in total. The Labute approximate surface area is 142 Å². The monoisotopic (exact) mass is 424 g/mol. The summed E-state index contributed by atoms with van der Waals surface area (Å²) in [6.07, 6.45) is 0. The van der Waals surface area contributed by atoms with E-state index in [4.69, 9.17) is 0 Å². The van der Waals surface area contributed by atoms with Crippen molar-refractivity contribution >= 4 is 65.0 Å². The number of aromatic nitrogens is 1. The number of nitrogens with zero attached hydrogens (tertiary/aromatic N) is 1. The zero-order valence-corrected chi connectivity index (χ0v) is 15.0. The molecule has 3 aromatic rings. The lowest BCUT2D eigenvalue weighted by molar-refractivity contribution is 0.102. The van der Waals surface area contributed by atoms with E-state index in [1.165, 1.54) is 0 Å². The van der Waals surface area contributed by atoms with Crippen molar-refractivity contribution in [2.45, 2.75) is 6.92 Å². The molecule has 1 amide bonds. The summed E-state index contributed by atoms with van der Waals surface area (Å²) in [5.41, 5.74) is 2.32. The van der Waals surface area contributed by atoms with Gasteiger partial charge in [-0.15, -0.1) is 11.3 Å². The molecule has 0 spiro atoms. The van der Waals surface area contributed by atoms with Crippen LogP contribution in [0.5, 0.6) is 0 Å². The number of amides is 1. The van der Waals surface area contributed by atoms with Gasteiger partial charge in [0.25, 0.3) is 5.91 Å². The molecule has 0 fully saturated rings. The standard InChI is InChI=1S/C15H10Br2N2OS/c1-8-18-13-5-3-10(7-14(13)21-8)19-15(20)11-4-2-9(16)6-12(11)17/h2-7H,1H3,(H,19,20). The third-order valence-corrected chi connectivity index (χ3v) is 5.01. The van der Waals surface area contributed by atoms with Crippen molar-refractivity contribution in [3.63, 3.8) is 0 Å². The lowest BCUT2D eigenvalue weighted by atomic mass is 10.2. The van der Waals surface area contributed by atoms with Crippen molar-refractivity contribution in [2.24, 2.45) is 0 Å². The SMILES string of the molecule is Cc1nc2ccc(NC(=O)c3ccc(Br)cc3Br)cc2s1. The van der Waals surface area contributed by atoms with Crippen LogP contribution in [0.2, 0.25) is 0 Å². The molecule has 0 saturated heterocycles. The Balaban J connectivity index is 1.88. The molecule has 0 aliphatic carbocycles. The van der Waals surface area contributed by atoms with Crippen LogP contribution < -0.4 is 5.32 Å². The van der Waals surface area contributed by atoms with Gasteiger partial charge in [-0.3, -0.25) is 4.79 Å². The Morgan fingerprint density at radius 2 is 2.00 bits per heavy atom. The Morgan fingerprint density at radius 3 is 2.76 bits per heavy atom. The Bertz CT molecular complexity index is 845. The molecule has 1 heterocycles. The first kappa shape index (κ1) is 14.7. The van der Waals surface area contributed by atoms with Crippen LogP contribution in [0.4, 0.5) is 5.69 Å². The van der Waals surface area contributed by atoms with Crippen molar-refractivity contribution < 1.29 is 4.79 Å². The van der Waals surface area contributed by atoms with Gasteiger partial charge in [-0.25, -0.2) is 4.98 Å². The van der Waals surface area contributed by atoms with Gasteiger partial charge in [-0.2, -0.15) is 0 Å². The number of hydrogen-bond donors (Lipinski definition) is 1. The average molecular weight is 426 g/mol. The van der Waals surface area contributed by atoms with Crippen LogP contribution in [0, 0.1) is 6.92 Å². The number of halogens is 2. The number of carbonyl (C=O) groups excluding carboxylic acids is 1. The first-order valence-corrected chi connectivity index (χ1v) is 8.57. The van der Waals surface area contributed by atoms with Crippen LogP contribution in [0.1, 0.15) is 15.4 Å². The first-order chi connectivity index (χ1) is 10.0. The number of fused-ring (bicyclic) bond motifs is 1. The molecule has 0 atom stereocenters. The number of carbonyl (C=O) groups is 1. The second-order valence-corrected chi connectivity index (χ2v) is 7.50. The highest BCUT2D eigenvalue weighted by molar-refractivity contribution is 9.11. The molecule has 21 heavy (non-hydrogen) atoms. The lowest BCUT2D eigenvalue weighted by Gasteiger charge is -2.07. The quantitative estimate of drug-likeness (QED) is 0.598. The summed E-state index contributed by atoms with van der Waals surface area (Å²) in [5.74, 6) is -0.144. The Hall–Kier alpha value is -1.24. The predicted octanol–water partition coefficient (Wildman–Crippen LogP) is 5.38. The largest absolute Gasteiger partial charge is 0.322 e. The second-order valence-electron chi connectivity index (χ2n) is 4.49. The van der Waals surface area contributed by atoms with Crippen LogP contribution in [-0.2, 0) is 0 Å². The topological polar surface area (TPSA) is 42.0 Å². The number of benzene rings is 2. The van der Waals surface area contributed by atoms with Crippen molar-refractivity contribution in [1.29, 1.82) is 0 Å². The minimum Gasteiger partial charge on any atom is -0.322 e. The average Bonchev–Trinajstić information content (AvgIpc) is 2.77. The van der Waals surface area contributed by atoms with Crippen molar-refractivity contribution in [3.05, 3.63) is 55.9 Å². The molecule has 6 heteroatoms. The summed E-state index contributed by atoms with van der Waals surface area (Å²) < 4.78 is 2.75. The molecule has 2 aromatic carbocycles. The van der Waals surface area contributed by atoms with E-state index >= 15 is 0 Å². The fraction of sp³-hybridized carbons (Fsp3) is 0.0667. The van der Waals surface area contributed by atoms with E-state index in [2.05, 4.69) is 42.2 Å². The van der Waals surface area contributed by atoms with Crippen molar-refractivity contribution in [3.8, 4) is 0 Å².